The summed E-state index contributed by atoms with van der Waals surface area (Å²) >= 11 is 1.31. The summed E-state index contributed by atoms with van der Waals surface area (Å²) in [5, 5.41) is 12.4. The molecule has 0 bridgehead atoms. The lowest BCUT2D eigenvalue weighted by molar-refractivity contribution is 0.0272. The molecule has 1 unspecified atom stereocenters. The van der Waals surface area contributed by atoms with Gasteiger partial charge in [0.15, 0.2) is 0 Å². The number of nitrogens with one attached hydrogen (secondary N) is 1. The van der Waals surface area contributed by atoms with E-state index in [1.54, 1.807) is 0 Å². The first-order valence-corrected chi connectivity index (χ1v) is 9.59. The molecule has 1 aromatic rings. The lowest BCUT2D eigenvalue weighted by atomic mass is 9.87. The number of piperazine rings is 1. The Labute approximate surface area is 147 Å². The smallest absolute Gasteiger partial charge is 0.380 e. The highest BCUT2D eigenvalue weighted by Crippen LogP contribution is 2.27. The van der Waals surface area contributed by atoms with Crippen LogP contribution < -0.4 is 10.1 Å². The zero-order chi connectivity index (χ0) is 17.1. The summed E-state index contributed by atoms with van der Waals surface area (Å²) in [6.07, 6.45) is 1.94. The van der Waals surface area contributed by atoms with E-state index in [0.717, 1.165) is 44.0 Å². The second-order valence-corrected chi connectivity index (χ2v) is 8.04. The maximum absolute atomic E-state index is 12.7. The van der Waals surface area contributed by atoms with Crippen LogP contribution in [0.4, 0.5) is 4.79 Å². The lowest BCUT2D eigenvalue weighted by Crippen LogP contribution is -2.60. The number of ether oxygens (including phenoxy) is 1. The first-order valence-electron chi connectivity index (χ1n) is 8.78. The fourth-order valence-electron chi connectivity index (χ4n) is 3.61. The standard InChI is InChI=1S/C16H27N5O2S/c1-11(2)20-8-9-21(14(10-20)13-4-6-17-7-5-13)16(22)23-15-19-18-12(3)24-15/h11,13-14,17H,4-10H2,1-3H3. The van der Waals surface area contributed by atoms with Crippen molar-refractivity contribution >= 4 is 17.4 Å². The van der Waals surface area contributed by atoms with Gasteiger partial charge in [0.05, 0.1) is 6.04 Å². The molecule has 1 N–H and O–H groups in total. The average molecular weight is 353 g/mol. The third kappa shape index (κ3) is 4.04. The van der Waals surface area contributed by atoms with Crippen LogP contribution in [0.25, 0.3) is 0 Å². The van der Waals surface area contributed by atoms with E-state index < -0.39 is 0 Å². The predicted octanol–water partition coefficient (Wildman–Crippen LogP) is 1.74. The van der Waals surface area contributed by atoms with Gasteiger partial charge in [-0.3, -0.25) is 4.90 Å². The molecule has 0 aliphatic carbocycles. The van der Waals surface area contributed by atoms with Crippen LogP contribution in [-0.2, 0) is 0 Å². The summed E-state index contributed by atoms with van der Waals surface area (Å²) < 4.78 is 5.49. The highest BCUT2D eigenvalue weighted by molar-refractivity contribution is 7.13. The highest BCUT2D eigenvalue weighted by atomic mass is 32.1. The monoisotopic (exact) mass is 353 g/mol. The van der Waals surface area contributed by atoms with Crippen molar-refractivity contribution in [1.29, 1.82) is 0 Å². The summed E-state index contributed by atoms with van der Waals surface area (Å²) in [7, 11) is 0. The lowest BCUT2D eigenvalue weighted by Gasteiger charge is -2.46. The quantitative estimate of drug-likeness (QED) is 0.893. The van der Waals surface area contributed by atoms with E-state index in [9.17, 15) is 4.79 Å². The van der Waals surface area contributed by atoms with Crippen LogP contribution in [0.5, 0.6) is 5.19 Å². The van der Waals surface area contributed by atoms with Gasteiger partial charge in [0, 0.05) is 25.7 Å². The van der Waals surface area contributed by atoms with Crippen LogP contribution in [0, 0.1) is 12.8 Å². The molecule has 2 fully saturated rings. The largest absolute Gasteiger partial charge is 0.417 e. The zero-order valence-corrected chi connectivity index (χ0v) is 15.5. The van der Waals surface area contributed by atoms with E-state index in [-0.39, 0.29) is 12.1 Å². The van der Waals surface area contributed by atoms with Crippen LogP contribution >= 0.6 is 11.3 Å². The second kappa shape index (κ2) is 7.76. The van der Waals surface area contributed by atoms with Gasteiger partial charge in [-0.15, -0.1) is 5.10 Å². The van der Waals surface area contributed by atoms with Gasteiger partial charge in [-0.1, -0.05) is 16.4 Å². The van der Waals surface area contributed by atoms with Gasteiger partial charge in [-0.25, -0.2) is 4.79 Å². The minimum Gasteiger partial charge on any atom is -0.380 e. The number of rotatable bonds is 3. The topological polar surface area (TPSA) is 70.6 Å². The Balaban J connectivity index is 1.71. The van der Waals surface area contributed by atoms with Gasteiger partial charge in [-0.2, -0.15) is 0 Å². The molecule has 2 saturated heterocycles. The molecule has 2 aliphatic heterocycles. The molecule has 1 amide bonds. The summed E-state index contributed by atoms with van der Waals surface area (Å²) in [6.45, 7) is 10.9. The minimum atomic E-state index is -0.280. The highest BCUT2D eigenvalue weighted by Gasteiger charge is 2.38. The Hall–Kier alpha value is -1.25. The van der Waals surface area contributed by atoms with Gasteiger partial charge in [0.2, 0.25) is 0 Å². The SMILES string of the molecule is Cc1nnc(OC(=O)N2CCN(C(C)C)CC2C2CCNCC2)s1. The molecule has 0 spiro atoms. The summed E-state index contributed by atoms with van der Waals surface area (Å²) in [6, 6.07) is 0.711. The zero-order valence-electron chi connectivity index (χ0n) is 14.7. The summed E-state index contributed by atoms with van der Waals surface area (Å²) in [4.78, 5) is 17.1. The maximum Gasteiger partial charge on any atom is 0.417 e. The number of amides is 1. The molecular formula is C16H27N5O2S. The van der Waals surface area contributed by atoms with Crippen molar-refractivity contribution < 1.29 is 9.53 Å². The molecule has 7 nitrogen and oxygen atoms in total. The van der Waals surface area contributed by atoms with E-state index in [4.69, 9.17) is 4.74 Å². The first-order chi connectivity index (χ1) is 11.5. The van der Waals surface area contributed by atoms with Crippen LogP contribution in [0.1, 0.15) is 31.7 Å². The Morgan fingerprint density at radius 1 is 1.29 bits per heavy atom. The molecule has 8 heteroatoms. The van der Waals surface area contributed by atoms with Crippen molar-refractivity contribution in [2.75, 3.05) is 32.7 Å². The van der Waals surface area contributed by atoms with E-state index in [1.807, 2.05) is 11.8 Å². The van der Waals surface area contributed by atoms with E-state index in [2.05, 4.69) is 34.3 Å². The molecule has 2 aliphatic rings. The van der Waals surface area contributed by atoms with Gasteiger partial charge in [0.25, 0.3) is 0 Å². The van der Waals surface area contributed by atoms with Crippen molar-refractivity contribution in [3.63, 3.8) is 0 Å². The molecule has 0 aromatic carbocycles. The molecule has 1 atom stereocenters. The Morgan fingerprint density at radius 3 is 2.67 bits per heavy atom. The maximum atomic E-state index is 12.7. The van der Waals surface area contributed by atoms with Crippen molar-refractivity contribution in [2.45, 2.75) is 45.7 Å². The fourth-order valence-corrected chi connectivity index (χ4v) is 4.14. The van der Waals surface area contributed by atoms with Gasteiger partial charge in [-0.05, 0) is 52.6 Å². The first kappa shape index (κ1) is 17.6. The fraction of sp³-hybridized carbons (Fsp3) is 0.812. The molecule has 3 heterocycles. The van der Waals surface area contributed by atoms with Crippen molar-refractivity contribution in [1.82, 2.24) is 25.3 Å². The number of hydrogen-bond donors (Lipinski definition) is 1. The number of piperidine rings is 1. The molecule has 1 aromatic heterocycles. The summed E-state index contributed by atoms with van der Waals surface area (Å²) in [5.41, 5.74) is 0. The second-order valence-electron chi connectivity index (χ2n) is 6.89. The van der Waals surface area contributed by atoms with Crippen LogP contribution in [0.15, 0.2) is 0 Å². The van der Waals surface area contributed by atoms with E-state index in [0.29, 0.717) is 23.7 Å². The molecule has 3 rings (SSSR count). The third-order valence-electron chi connectivity index (χ3n) is 5.02. The van der Waals surface area contributed by atoms with Crippen LogP contribution in [-0.4, -0.2) is 70.9 Å². The molecule has 0 radical (unpaired) electrons. The molecular weight excluding hydrogens is 326 g/mol. The molecule has 24 heavy (non-hydrogen) atoms. The number of hydrogen-bond acceptors (Lipinski definition) is 7. The predicted molar refractivity (Wildman–Crippen MR) is 93.5 cm³/mol. The Kier molecular flexibility index (Phi) is 5.68. The Bertz CT molecular complexity index is 558. The number of aryl methyl sites for hydroxylation is 1. The van der Waals surface area contributed by atoms with Gasteiger partial charge >= 0.3 is 11.3 Å². The van der Waals surface area contributed by atoms with Gasteiger partial charge in [0.1, 0.15) is 5.01 Å². The van der Waals surface area contributed by atoms with Crippen molar-refractivity contribution in [3.8, 4) is 5.19 Å². The van der Waals surface area contributed by atoms with E-state index >= 15 is 0 Å². The van der Waals surface area contributed by atoms with Crippen LogP contribution in [0.2, 0.25) is 0 Å². The van der Waals surface area contributed by atoms with E-state index in [1.165, 1.54) is 11.3 Å². The normalized spacial score (nSPS) is 23.7. The number of carbonyl (C=O) groups is 1. The Morgan fingerprint density at radius 2 is 2.04 bits per heavy atom. The number of nitrogens with zero attached hydrogens (tertiary/aromatic N) is 4. The molecule has 0 saturated carbocycles. The average Bonchev–Trinajstić information content (AvgIpc) is 3.00. The minimum absolute atomic E-state index is 0.213. The summed E-state index contributed by atoms with van der Waals surface area (Å²) in [5.74, 6) is 0.525. The molecule has 134 valence electrons. The van der Waals surface area contributed by atoms with Crippen molar-refractivity contribution in [3.05, 3.63) is 5.01 Å². The number of aromatic nitrogens is 2. The van der Waals surface area contributed by atoms with Gasteiger partial charge < -0.3 is 15.0 Å². The van der Waals surface area contributed by atoms with Crippen molar-refractivity contribution in [2.24, 2.45) is 5.92 Å². The number of carbonyl (C=O) groups excluding carboxylic acids is 1. The third-order valence-corrected chi connectivity index (χ3v) is 5.74. The van der Waals surface area contributed by atoms with Crippen LogP contribution in [0.3, 0.4) is 0 Å².